The molecule has 0 aromatic heterocycles. The molecule has 0 radical (unpaired) electrons. The Morgan fingerprint density at radius 2 is 1.80 bits per heavy atom. The van der Waals surface area contributed by atoms with Crippen molar-refractivity contribution in [3.8, 4) is 0 Å². The maximum Gasteiger partial charge on any atom is 0.0123 e. The van der Waals surface area contributed by atoms with Gasteiger partial charge in [0, 0.05) is 12.1 Å². The van der Waals surface area contributed by atoms with Crippen LogP contribution in [0.15, 0.2) is 0 Å². The molecule has 0 amide bonds. The van der Waals surface area contributed by atoms with Crippen molar-refractivity contribution in [2.45, 2.75) is 83.2 Å². The molecule has 3 aliphatic rings. The molecule has 0 spiro atoms. The first-order chi connectivity index (χ1) is 9.88. The first-order valence-electron chi connectivity index (χ1n) is 9.36. The highest BCUT2D eigenvalue weighted by atomic mass is 15.2. The fourth-order valence-corrected chi connectivity index (χ4v) is 5.25. The van der Waals surface area contributed by atoms with E-state index in [1.54, 1.807) is 0 Å². The second-order valence-electron chi connectivity index (χ2n) is 7.43. The zero-order chi connectivity index (χ0) is 13.8. The molecule has 1 N–H and O–H groups in total. The van der Waals surface area contributed by atoms with E-state index in [1.165, 1.54) is 77.3 Å². The second kappa shape index (κ2) is 7.26. The smallest absolute Gasteiger partial charge is 0.0123 e. The standard InChI is InChI=1S/C18H34N2/c1-2-19-17-10-5-8-15(17)12-14-20-13-6-9-16-7-3-4-11-18(16)20/h15-19H,2-14H2,1H3. The summed E-state index contributed by atoms with van der Waals surface area (Å²) < 4.78 is 0. The summed E-state index contributed by atoms with van der Waals surface area (Å²) in [6, 6.07) is 1.78. The average Bonchev–Trinajstić information content (AvgIpc) is 2.93. The van der Waals surface area contributed by atoms with Crippen molar-refractivity contribution in [1.82, 2.24) is 10.2 Å². The van der Waals surface area contributed by atoms with Gasteiger partial charge in [0.15, 0.2) is 0 Å². The molecular weight excluding hydrogens is 244 g/mol. The monoisotopic (exact) mass is 278 g/mol. The highest BCUT2D eigenvalue weighted by Gasteiger charge is 2.34. The Labute approximate surface area is 125 Å². The lowest BCUT2D eigenvalue weighted by molar-refractivity contribution is 0.0555. The van der Waals surface area contributed by atoms with Crippen molar-refractivity contribution in [3.05, 3.63) is 0 Å². The summed E-state index contributed by atoms with van der Waals surface area (Å²) >= 11 is 0. The lowest BCUT2D eigenvalue weighted by atomic mass is 9.78. The molecule has 0 aromatic carbocycles. The van der Waals surface area contributed by atoms with Crippen molar-refractivity contribution >= 4 is 0 Å². The van der Waals surface area contributed by atoms with Gasteiger partial charge >= 0.3 is 0 Å². The molecule has 2 nitrogen and oxygen atoms in total. The van der Waals surface area contributed by atoms with Crippen LogP contribution in [0.1, 0.15) is 71.1 Å². The summed E-state index contributed by atoms with van der Waals surface area (Å²) in [5.74, 6) is 2.00. The van der Waals surface area contributed by atoms with Crippen LogP contribution in [0.25, 0.3) is 0 Å². The summed E-state index contributed by atoms with van der Waals surface area (Å²) in [6.07, 6.45) is 14.8. The van der Waals surface area contributed by atoms with Crippen molar-refractivity contribution < 1.29 is 0 Å². The molecule has 2 saturated carbocycles. The van der Waals surface area contributed by atoms with E-state index in [1.807, 2.05) is 0 Å². The molecule has 4 unspecified atom stereocenters. The van der Waals surface area contributed by atoms with Gasteiger partial charge in [-0.25, -0.2) is 0 Å². The van der Waals surface area contributed by atoms with Gasteiger partial charge in [0.05, 0.1) is 0 Å². The molecule has 1 heterocycles. The zero-order valence-corrected chi connectivity index (χ0v) is 13.4. The molecule has 2 aliphatic carbocycles. The summed E-state index contributed by atoms with van der Waals surface area (Å²) in [5.41, 5.74) is 0. The minimum Gasteiger partial charge on any atom is -0.314 e. The Bertz CT molecular complexity index is 289. The quantitative estimate of drug-likeness (QED) is 0.822. The van der Waals surface area contributed by atoms with Crippen LogP contribution in [-0.4, -0.2) is 36.6 Å². The van der Waals surface area contributed by atoms with E-state index in [9.17, 15) is 0 Å². The van der Waals surface area contributed by atoms with E-state index >= 15 is 0 Å². The molecule has 1 saturated heterocycles. The van der Waals surface area contributed by atoms with Gasteiger partial charge in [0.1, 0.15) is 0 Å². The van der Waals surface area contributed by atoms with E-state index in [-0.39, 0.29) is 0 Å². The SMILES string of the molecule is CCNC1CCCC1CCN1CCCC2CCCCC21. The Morgan fingerprint density at radius 3 is 2.70 bits per heavy atom. The summed E-state index contributed by atoms with van der Waals surface area (Å²) in [5, 5.41) is 3.72. The normalized spacial score (nSPS) is 38.9. The predicted octanol–water partition coefficient (Wildman–Crippen LogP) is 3.81. The number of hydrogen-bond acceptors (Lipinski definition) is 2. The van der Waals surface area contributed by atoms with Crippen molar-refractivity contribution in [2.75, 3.05) is 19.6 Å². The number of nitrogens with zero attached hydrogens (tertiary/aromatic N) is 1. The Balaban J connectivity index is 1.49. The molecule has 1 aliphatic heterocycles. The maximum absolute atomic E-state index is 3.72. The number of nitrogens with one attached hydrogen (secondary N) is 1. The van der Waals surface area contributed by atoms with Gasteiger partial charge in [-0.2, -0.15) is 0 Å². The van der Waals surface area contributed by atoms with Gasteiger partial charge in [-0.1, -0.05) is 26.2 Å². The lowest BCUT2D eigenvalue weighted by Crippen LogP contribution is -2.47. The number of hydrogen-bond donors (Lipinski definition) is 1. The molecule has 116 valence electrons. The number of piperidine rings is 1. The van der Waals surface area contributed by atoms with Crippen LogP contribution in [0.5, 0.6) is 0 Å². The first-order valence-corrected chi connectivity index (χ1v) is 9.36. The lowest BCUT2D eigenvalue weighted by Gasteiger charge is -2.44. The van der Waals surface area contributed by atoms with Crippen LogP contribution in [-0.2, 0) is 0 Å². The van der Waals surface area contributed by atoms with Gasteiger partial charge < -0.3 is 10.2 Å². The average molecular weight is 278 g/mol. The van der Waals surface area contributed by atoms with E-state index in [0.717, 1.165) is 30.5 Å². The summed E-state index contributed by atoms with van der Waals surface area (Å²) in [6.45, 7) is 6.18. The Hall–Kier alpha value is -0.0800. The third-order valence-corrected chi connectivity index (χ3v) is 6.27. The molecule has 20 heavy (non-hydrogen) atoms. The minimum atomic E-state index is 0.826. The number of fused-ring (bicyclic) bond motifs is 1. The van der Waals surface area contributed by atoms with Crippen LogP contribution in [0.2, 0.25) is 0 Å². The molecule has 0 aromatic rings. The third kappa shape index (κ3) is 3.39. The molecule has 3 rings (SSSR count). The van der Waals surface area contributed by atoms with Crippen LogP contribution < -0.4 is 5.32 Å². The molecule has 4 atom stereocenters. The van der Waals surface area contributed by atoms with Gasteiger partial charge in [-0.05, 0) is 76.4 Å². The van der Waals surface area contributed by atoms with E-state index < -0.39 is 0 Å². The summed E-state index contributed by atoms with van der Waals surface area (Å²) in [4.78, 5) is 2.88. The van der Waals surface area contributed by atoms with E-state index in [0.29, 0.717) is 0 Å². The third-order valence-electron chi connectivity index (χ3n) is 6.27. The van der Waals surface area contributed by atoms with E-state index in [4.69, 9.17) is 0 Å². The van der Waals surface area contributed by atoms with Crippen LogP contribution in [0, 0.1) is 11.8 Å². The fraction of sp³-hybridized carbons (Fsp3) is 1.00. The predicted molar refractivity (Wildman–Crippen MR) is 86.0 cm³/mol. The Morgan fingerprint density at radius 1 is 0.950 bits per heavy atom. The van der Waals surface area contributed by atoms with Crippen molar-refractivity contribution in [2.24, 2.45) is 11.8 Å². The number of rotatable bonds is 5. The minimum absolute atomic E-state index is 0.826. The summed E-state index contributed by atoms with van der Waals surface area (Å²) in [7, 11) is 0. The van der Waals surface area contributed by atoms with Gasteiger partial charge in [-0.3, -0.25) is 0 Å². The fourth-order valence-electron chi connectivity index (χ4n) is 5.25. The Kier molecular flexibility index (Phi) is 5.39. The first kappa shape index (κ1) is 14.8. The largest absolute Gasteiger partial charge is 0.314 e. The van der Waals surface area contributed by atoms with Gasteiger partial charge in [0.25, 0.3) is 0 Å². The van der Waals surface area contributed by atoms with Gasteiger partial charge in [-0.15, -0.1) is 0 Å². The van der Waals surface area contributed by atoms with Gasteiger partial charge in [0.2, 0.25) is 0 Å². The van der Waals surface area contributed by atoms with Crippen LogP contribution >= 0.6 is 0 Å². The number of likely N-dealkylation sites (tertiary alicyclic amines) is 1. The van der Waals surface area contributed by atoms with E-state index in [2.05, 4.69) is 17.1 Å². The molecule has 2 heteroatoms. The van der Waals surface area contributed by atoms with Crippen LogP contribution in [0.3, 0.4) is 0 Å². The maximum atomic E-state index is 3.72. The highest BCUT2D eigenvalue weighted by Crippen LogP contribution is 2.36. The van der Waals surface area contributed by atoms with Crippen LogP contribution in [0.4, 0.5) is 0 Å². The molecule has 0 bridgehead atoms. The highest BCUT2D eigenvalue weighted by molar-refractivity contribution is 4.89. The second-order valence-corrected chi connectivity index (χ2v) is 7.43. The zero-order valence-electron chi connectivity index (χ0n) is 13.4. The van der Waals surface area contributed by atoms with Crippen molar-refractivity contribution in [1.29, 1.82) is 0 Å². The molecule has 3 fully saturated rings. The topological polar surface area (TPSA) is 15.3 Å². The molecular formula is C18H34N2. The van der Waals surface area contributed by atoms with Crippen molar-refractivity contribution in [3.63, 3.8) is 0 Å².